The van der Waals surface area contributed by atoms with Crippen molar-refractivity contribution >= 4 is 11.7 Å². The Kier molecular flexibility index (Phi) is 3.03. The van der Waals surface area contributed by atoms with Crippen LogP contribution in [0.5, 0.6) is 0 Å². The summed E-state index contributed by atoms with van der Waals surface area (Å²) in [6.07, 6.45) is 2.74. The maximum Gasteiger partial charge on any atom is 0.338 e. The van der Waals surface area contributed by atoms with Gasteiger partial charge < -0.3 is 5.11 Å². The van der Waals surface area contributed by atoms with E-state index in [1.165, 1.54) is 10.9 Å². The number of nitro groups is 1. The molecule has 2 heterocycles. The van der Waals surface area contributed by atoms with Crippen molar-refractivity contribution in [1.82, 2.24) is 19.6 Å². The zero-order chi connectivity index (χ0) is 14.2. The normalized spacial score (nSPS) is 10.6. The molecule has 0 amide bonds. The first kappa shape index (κ1) is 12.7. The van der Waals surface area contributed by atoms with Crippen LogP contribution in [0.15, 0.2) is 12.4 Å². The lowest BCUT2D eigenvalue weighted by atomic mass is 10.3. The molecule has 0 atom stereocenters. The van der Waals surface area contributed by atoms with Crippen molar-refractivity contribution in [3.8, 4) is 5.82 Å². The van der Waals surface area contributed by atoms with Crippen LogP contribution in [-0.4, -0.2) is 35.6 Å². The molecule has 2 aromatic rings. The van der Waals surface area contributed by atoms with E-state index >= 15 is 0 Å². The number of nitrogens with zero attached hydrogens (tertiary/aromatic N) is 5. The highest BCUT2D eigenvalue weighted by Gasteiger charge is 2.27. The van der Waals surface area contributed by atoms with E-state index in [9.17, 15) is 14.9 Å². The zero-order valence-corrected chi connectivity index (χ0v) is 10.3. The van der Waals surface area contributed by atoms with Crippen LogP contribution in [-0.2, 0) is 13.5 Å². The summed E-state index contributed by atoms with van der Waals surface area (Å²) in [5, 5.41) is 27.8. The molecule has 0 fully saturated rings. The van der Waals surface area contributed by atoms with E-state index in [0.717, 1.165) is 10.9 Å². The Bertz CT molecular complexity index is 657. The van der Waals surface area contributed by atoms with Gasteiger partial charge in [0.1, 0.15) is 5.69 Å². The van der Waals surface area contributed by atoms with Gasteiger partial charge in [0, 0.05) is 13.2 Å². The van der Waals surface area contributed by atoms with E-state index in [-0.39, 0.29) is 17.1 Å². The summed E-state index contributed by atoms with van der Waals surface area (Å²) in [5.74, 6) is -1.01. The molecule has 0 aromatic carbocycles. The molecule has 9 nitrogen and oxygen atoms in total. The predicted molar refractivity (Wildman–Crippen MR) is 63.3 cm³/mol. The van der Waals surface area contributed by atoms with Crippen molar-refractivity contribution in [3.63, 3.8) is 0 Å². The molecular formula is C10H11N5O4. The maximum atomic E-state index is 11.1. The van der Waals surface area contributed by atoms with Crippen LogP contribution in [0.3, 0.4) is 0 Å². The first-order chi connectivity index (χ1) is 8.95. The third kappa shape index (κ3) is 2.05. The maximum absolute atomic E-state index is 11.1. The van der Waals surface area contributed by atoms with Gasteiger partial charge in [-0.1, -0.05) is 6.92 Å². The topological polar surface area (TPSA) is 116 Å². The molecule has 0 bridgehead atoms. The van der Waals surface area contributed by atoms with Crippen LogP contribution in [0.4, 0.5) is 5.69 Å². The Morgan fingerprint density at radius 3 is 2.74 bits per heavy atom. The van der Waals surface area contributed by atoms with Gasteiger partial charge in [-0.25, -0.2) is 14.2 Å². The number of hydrogen-bond acceptors (Lipinski definition) is 5. The average molecular weight is 265 g/mol. The summed E-state index contributed by atoms with van der Waals surface area (Å²) in [7, 11) is 1.55. The fraction of sp³-hybridized carbons (Fsp3) is 0.300. The van der Waals surface area contributed by atoms with Gasteiger partial charge in [-0.2, -0.15) is 10.2 Å². The highest BCUT2D eigenvalue weighted by atomic mass is 16.6. The fourth-order valence-electron chi connectivity index (χ4n) is 1.79. The van der Waals surface area contributed by atoms with Crippen LogP contribution in [0.1, 0.15) is 23.0 Å². The van der Waals surface area contributed by atoms with Gasteiger partial charge in [0.25, 0.3) is 0 Å². The molecule has 9 heteroatoms. The van der Waals surface area contributed by atoms with Crippen LogP contribution in [0.2, 0.25) is 0 Å². The molecule has 0 spiro atoms. The number of carboxylic acids is 1. The minimum atomic E-state index is -1.15. The SMILES string of the molecule is CCc1nn(C)c(-n2cc(C(=O)O)cn2)c1[N+](=O)[O-]. The number of hydrogen-bond donors (Lipinski definition) is 1. The monoisotopic (exact) mass is 265 g/mol. The number of rotatable bonds is 4. The zero-order valence-electron chi connectivity index (χ0n) is 10.3. The van der Waals surface area contributed by atoms with Crippen molar-refractivity contribution in [2.75, 3.05) is 0 Å². The highest BCUT2D eigenvalue weighted by molar-refractivity contribution is 5.87. The Hall–Kier alpha value is -2.71. The molecule has 0 aliphatic carbocycles. The largest absolute Gasteiger partial charge is 0.478 e. The van der Waals surface area contributed by atoms with Gasteiger partial charge in [-0.3, -0.25) is 10.1 Å². The van der Waals surface area contributed by atoms with Gasteiger partial charge in [-0.05, 0) is 6.42 Å². The van der Waals surface area contributed by atoms with Crippen LogP contribution >= 0.6 is 0 Å². The van der Waals surface area contributed by atoms with Crippen molar-refractivity contribution in [2.45, 2.75) is 13.3 Å². The van der Waals surface area contributed by atoms with Gasteiger partial charge in [0.15, 0.2) is 0 Å². The number of aromatic nitrogens is 4. The number of carbonyl (C=O) groups is 1. The lowest BCUT2D eigenvalue weighted by Gasteiger charge is -2.00. The van der Waals surface area contributed by atoms with E-state index in [4.69, 9.17) is 5.11 Å². The molecule has 0 saturated heterocycles. The second-order valence-electron chi connectivity index (χ2n) is 3.83. The summed E-state index contributed by atoms with van der Waals surface area (Å²) in [5.41, 5.74) is 0.119. The summed E-state index contributed by atoms with van der Waals surface area (Å²) in [6, 6.07) is 0. The summed E-state index contributed by atoms with van der Waals surface area (Å²) < 4.78 is 2.46. The van der Waals surface area contributed by atoms with Crippen molar-refractivity contribution in [2.24, 2.45) is 7.05 Å². The van der Waals surface area contributed by atoms with Crippen LogP contribution in [0, 0.1) is 10.1 Å². The molecule has 19 heavy (non-hydrogen) atoms. The second kappa shape index (κ2) is 4.52. The Labute approximate surface area is 107 Å². The average Bonchev–Trinajstić information content (AvgIpc) is 2.92. The van der Waals surface area contributed by atoms with Crippen molar-refractivity contribution in [1.29, 1.82) is 0 Å². The number of aryl methyl sites for hydroxylation is 2. The molecule has 100 valence electrons. The lowest BCUT2D eigenvalue weighted by molar-refractivity contribution is -0.385. The van der Waals surface area contributed by atoms with Gasteiger partial charge in [0.05, 0.1) is 16.7 Å². The highest BCUT2D eigenvalue weighted by Crippen LogP contribution is 2.26. The molecule has 0 aliphatic rings. The van der Waals surface area contributed by atoms with E-state index < -0.39 is 10.9 Å². The summed E-state index contributed by atoms with van der Waals surface area (Å²) in [4.78, 5) is 21.4. The molecule has 0 radical (unpaired) electrons. The van der Waals surface area contributed by atoms with Crippen LogP contribution < -0.4 is 0 Å². The molecule has 0 unspecified atom stereocenters. The minimum absolute atomic E-state index is 0.0476. The second-order valence-corrected chi connectivity index (χ2v) is 3.83. The third-order valence-electron chi connectivity index (χ3n) is 2.63. The third-order valence-corrected chi connectivity index (χ3v) is 2.63. The molecule has 2 rings (SSSR count). The van der Waals surface area contributed by atoms with Crippen LogP contribution in [0.25, 0.3) is 5.82 Å². The van der Waals surface area contributed by atoms with Crippen molar-refractivity contribution in [3.05, 3.63) is 33.8 Å². The first-order valence-electron chi connectivity index (χ1n) is 5.44. The lowest BCUT2D eigenvalue weighted by Crippen LogP contribution is -2.05. The van der Waals surface area contributed by atoms with Gasteiger partial charge in [0.2, 0.25) is 5.82 Å². The van der Waals surface area contributed by atoms with E-state index in [1.807, 2.05) is 0 Å². The van der Waals surface area contributed by atoms with Gasteiger partial charge >= 0.3 is 11.7 Å². The Balaban J connectivity index is 2.63. The van der Waals surface area contributed by atoms with Crippen molar-refractivity contribution < 1.29 is 14.8 Å². The minimum Gasteiger partial charge on any atom is -0.478 e. The standard InChI is InChI=1S/C10H11N5O4/c1-3-7-8(15(18)19)9(13(2)12-7)14-5-6(4-11-14)10(16)17/h4-5H,3H2,1-2H3,(H,16,17). The summed E-state index contributed by atoms with van der Waals surface area (Å²) >= 11 is 0. The number of aromatic carboxylic acids is 1. The number of carboxylic acid groups (broad SMARTS) is 1. The van der Waals surface area contributed by atoms with E-state index in [2.05, 4.69) is 10.2 Å². The molecule has 1 N–H and O–H groups in total. The van der Waals surface area contributed by atoms with E-state index in [1.54, 1.807) is 14.0 Å². The molecule has 0 aliphatic heterocycles. The first-order valence-corrected chi connectivity index (χ1v) is 5.44. The van der Waals surface area contributed by atoms with E-state index in [0.29, 0.717) is 12.1 Å². The quantitative estimate of drug-likeness (QED) is 0.644. The predicted octanol–water partition coefficient (Wildman–Crippen LogP) is 0.775. The Morgan fingerprint density at radius 1 is 1.58 bits per heavy atom. The fourth-order valence-corrected chi connectivity index (χ4v) is 1.79. The smallest absolute Gasteiger partial charge is 0.338 e. The Morgan fingerprint density at radius 2 is 2.26 bits per heavy atom. The molecule has 2 aromatic heterocycles. The molecule has 0 saturated carbocycles. The molecular weight excluding hydrogens is 254 g/mol. The summed E-state index contributed by atoms with van der Waals surface area (Å²) in [6.45, 7) is 1.75. The van der Waals surface area contributed by atoms with Gasteiger partial charge in [-0.15, -0.1) is 0 Å².